The molecule has 0 spiro atoms. The van der Waals surface area contributed by atoms with Crippen LogP contribution in [-0.4, -0.2) is 9.78 Å². The van der Waals surface area contributed by atoms with Gasteiger partial charge in [-0.05, 0) is 37.5 Å². The Kier molecular flexibility index (Phi) is 3.46. The fourth-order valence-electron chi connectivity index (χ4n) is 2.59. The van der Waals surface area contributed by atoms with Crippen molar-refractivity contribution in [3.05, 3.63) is 51.3 Å². The number of nitrogens with zero attached hydrogens (tertiary/aromatic N) is 2. The lowest BCUT2D eigenvalue weighted by Gasteiger charge is -2.19. The molecule has 0 radical (unpaired) electrons. The molecule has 0 aliphatic heterocycles. The highest BCUT2D eigenvalue weighted by Gasteiger charge is 2.20. The second-order valence-electron chi connectivity index (χ2n) is 4.79. The van der Waals surface area contributed by atoms with Crippen LogP contribution in [0.4, 0.5) is 0 Å². The van der Waals surface area contributed by atoms with Gasteiger partial charge in [0.1, 0.15) is 0 Å². The average Bonchev–Trinajstić information content (AvgIpc) is 2.56. The van der Waals surface area contributed by atoms with Gasteiger partial charge in [-0.2, -0.15) is 5.10 Å². The molecule has 0 amide bonds. The summed E-state index contributed by atoms with van der Waals surface area (Å²) in [5, 5.41) is 4.76. The largest absolute Gasteiger partial charge is 0.319 e. The van der Waals surface area contributed by atoms with E-state index in [0.29, 0.717) is 5.02 Å². The highest BCUT2D eigenvalue weighted by atomic mass is 35.5. The summed E-state index contributed by atoms with van der Waals surface area (Å²) in [6.45, 7) is 6.26. The minimum Gasteiger partial charge on any atom is -0.319 e. The molecule has 1 aromatic heterocycles. The number of benzene rings is 1. The summed E-state index contributed by atoms with van der Waals surface area (Å²) in [7, 11) is 1.86. The molecule has 2 aromatic rings. The maximum atomic E-state index is 6.37. The van der Waals surface area contributed by atoms with Crippen molar-refractivity contribution in [2.24, 2.45) is 12.8 Å². The minimum atomic E-state index is -0.245. The lowest BCUT2D eigenvalue weighted by Crippen LogP contribution is -2.18. The number of nitrogens with two attached hydrogens (primary N) is 1. The van der Waals surface area contributed by atoms with Crippen LogP contribution in [-0.2, 0) is 7.05 Å². The molecule has 18 heavy (non-hydrogen) atoms. The average molecular weight is 264 g/mol. The molecule has 0 bridgehead atoms. The Morgan fingerprint density at radius 1 is 1.22 bits per heavy atom. The van der Waals surface area contributed by atoms with E-state index in [1.165, 1.54) is 16.7 Å². The third-order valence-corrected chi connectivity index (χ3v) is 3.57. The van der Waals surface area contributed by atoms with Gasteiger partial charge >= 0.3 is 0 Å². The Bertz CT molecular complexity index is 544. The molecule has 1 heterocycles. The van der Waals surface area contributed by atoms with Crippen molar-refractivity contribution in [3.63, 3.8) is 0 Å². The van der Waals surface area contributed by atoms with Crippen molar-refractivity contribution in [2.45, 2.75) is 26.8 Å². The maximum Gasteiger partial charge on any atom is 0.0837 e. The molecular formula is C14H18ClN3. The Labute approximate surface area is 113 Å². The van der Waals surface area contributed by atoms with Gasteiger partial charge in [0, 0.05) is 7.05 Å². The van der Waals surface area contributed by atoms with E-state index in [4.69, 9.17) is 17.3 Å². The molecule has 2 N–H and O–H groups in total. The zero-order valence-electron chi connectivity index (χ0n) is 11.2. The number of hydrogen-bond donors (Lipinski definition) is 1. The van der Waals surface area contributed by atoms with Gasteiger partial charge < -0.3 is 5.73 Å². The van der Waals surface area contributed by atoms with Gasteiger partial charge in [0.2, 0.25) is 0 Å². The summed E-state index contributed by atoms with van der Waals surface area (Å²) in [6.07, 6.45) is 1.63. The Hall–Kier alpha value is -1.32. The van der Waals surface area contributed by atoms with Crippen molar-refractivity contribution in [1.82, 2.24) is 9.78 Å². The summed E-state index contributed by atoms with van der Waals surface area (Å²) < 4.78 is 1.74. The van der Waals surface area contributed by atoms with Gasteiger partial charge in [-0.1, -0.05) is 29.3 Å². The van der Waals surface area contributed by atoms with Gasteiger partial charge in [0.15, 0.2) is 0 Å². The first-order valence-corrected chi connectivity index (χ1v) is 6.30. The number of aryl methyl sites for hydroxylation is 4. The van der Waals surface area contributed by atoms with E-state index in [0.717, 1.165) is 11.3 Å². The Morgan fingerprint density at radius 2 is 1.78 bits per heavy atom. The molecule has 4 heteroatoms. The molecule has 1 aromatic carbocycles. The van der Waals surface area contributed by atoms with Gasteiger partial charge in [-0.25, -0.2) is 0 Å². The number of hydrogen-bond acceptors (Lipinski definition) is 2. The zero-order valence-corrected chi connectivity index (χ0v) is 11.9. The van der Waals surface area contributed by atoms with Crippen LogP contribution in [0.2, 0.25) is 5.02 Å². The van der Waals surface area contributed by atoms with Crippen molar-refractivity contribution in [1.29, 1.82) is 0 Å². The summed E-state index contributed by atoms with van der Waals surface area (Å²) >= 11 is 6.16. The SMILES string of the molecule is Cc1cc(C)c(C(N)c2c(Cl)cnn2C)c(C)c1. The third-order valence-electron chi connectivity index (χ3n) is 3.28. The number of halogens is 1. The van der Waals surface area contributed by atoms with Crippen LogP contribution in [0.5, 0.6) is 0 Å². The van der Waals surface area contributed by atoms with Crippen LogP contribution in [0.25, 0.3) is 0 Å². The number of rotatable bonds is 2. The predicted molar refractivity (Wildman–Crippen MR) is 74.9 cm³/mol. The molecule has 1 atom stereocenters. The zero-order chi connectivity index (χ0) is 13.4. The molecule has 0 saturated carbocycles. The van der Waals surface area contributed by atoms with Crippen LogP contribution < -0.4 is 5.73 Å². The molecule has 0 aliphatic carbocycles. The molecule has 96 valence electrons. The third kappa shape index (κ3) is 2.16. The van der Waals surface area contributed by atoms with E-state index < -0.39 is 0 Å². The van der Waals surface area contributed by atoms with E-state index in [1.807, 2.05) is 7.05 Å². The van der Waals surface area contributed by atoms with Crippen LogP contribution in [0, 0.1) is 20.8 Å². The second-order valence-corrected chi connectivity index (χ2v) is 5.20. The summed E-state index contributed by atoms with van der Waals surface area (Å²) in [6, 6.07) is 4.05. The van der Waals surface area contributed by atoms with Gasteiger partial charge in [0.05, 0.1) is 23.0 Å². The standard InChI is InChI=1S/C14H18ClN3/c1-8-5-9(2)12(10(3)6-8)13(16)14-11(15)7-17-18(14)4/h5-7,13H,16H2,1-4H3. The number of aromatic nitrogens is 2. The quantitative estimate of drug-likeness (QED) is 0.905. The van der Waals surface area contributed by atoms with E-state index >= 15 is 0 Å². The molecule has 0 aliphatic rings. The van der Waals surface area contributed by atoms with Gasteiger partial charge in [-0.3, -0.25) is 4.68 Å². The topological polar surface area (TPSA) is 43.8 Å². The van der Waals surface area contributed by atoms with E-state index in [1.54, 1.807) is 10.9 Å². The lowest BCUT2D eigenvalue weighted by molar-refractivity contribution is 0.669. The normalized spacial score (nSPS) is 12.8. The summed E-state index contributed by atoms with van der Waals surface area (Å²) in [4.78, 5) is 0. The molecule has 1 unspecified atom stereocenters. The highest BCUT2D eigenvalue weighted by Crippen LogP contribution is 2.30. The van der Waals surface area contributed by atoms with Crippen molar-refractivity contribution < 1.29 is 0 Å². The minimum absolute atomic E-state index is 0.245. The lowest BCUT2D eigenvalue weighted by atomic mass is 9.93. The molecule has 0 saturated heterocycles. The summed E-state index contributed by atoms with van der Waals surface area (Å²) in [5.41, 5.74) is 12.0. The fraction of sp³-hybridized carbons (Fsp3) is 0.357. The van der Waals surface area contributed by atoms with Gasteiger partial charge in [-0.15, -0.1) is 0 Å². The monoisotopic (exact) mass is 263 g/mol. The maximum absolute atomic E-state index is 6.37. The van der Waals surface area contributed by atoms with Gasteiger partial charge in [0.25, 0.3) is 0 Å². The first kappa shape index (κ1) is 13.1. The fourth-order valence-corrected chi connectivity index (χ4v) is 2.87. The molecule has 0 fully saturated rings. The smallest absolute Gasteiger partial charge is 0.0837 e. The van der Waals surface area contributed by atoms with Crippen molar-refractivity contribution in [2.75, 3.05) is 0 Å². The van der Waals surface area contributed by atoms with Crippen molar-refractivity contribution >= 4 is 11.6 Å². The van der Waals surface area contributed by atoms with Crippen LogP contribution >= 0.6 is 11.6 Å². The first-order chi connectivity index (χ1) is 8.41. The van der Waals surface area contributed by atoms with Crippen LogP contribution in [0.15, 0.2) is 18.3 Å². The van der Waals surface area contributed by atoms with E-state index in [-0.39, 0.29) is 6.04 Å². The Morgan fingerprint density at radius 3 is 2.22 bits per heavy atom. The summed E-state index contributed by atoms with van der Waals surface area (Å²) in [5.74, 6) is 0. The molecular weight excluding hydrogens is 246 g/mol. The van der Waals surface area contributed by atoms with E-state index in [2.05, 4.69) is 38.0 Å². The van der Waals surface area contributed by atoms with Crippen molar-refractivity contribution in [3.8, 4) is 0 Å². The van der Waals surface area contributed by atoms with E-state index in [9.17, 15) is 0 Å². The highest BCUT2D eigenvalue weighted by molar-refractivity contribution is 6.31. The second kappa shape index (κ2) is 4.75. The molecule has 2 rings (SSSR count). The van der Waals surface area contributed by atoms with Crippen LogP contribution in [0.1, 0.15) is 34.0 Å². The Balaban J connectivity index is 2.56. The predicted octanol–water partition coefficient (Wildman–Crippen LogP) is 3.05. The van der Waals surface area contributed by atoms with Crippen LogP contribution in [0.3, 0.4) is 0 Å². The molecule has 3 nitrogen and oxygen atoms in total. The first-order valence-electron chi connectivity index (χ1n) is 5.92.